The maximum absolute atomic E-state index is 12.3. The maximum atomic E-state index is 12.3. The van der Waals surface area contributed by atoms with Gasteiger partial charge < -0.3 is 15.4 Å². The lowest BCUT2D eigenvalue weighted by Crippen LogP contribution is -2.40. The zero-order valence-electron chi connectivity index (χ0n) is 15.7. The predicted molar refractivity (Wildman–Crippen MR) is 112 cm³/mol. The van der Waals surface area contributed by atoms with Crippen molar-refractivity contribution in [1.82, 2.24) is 15.5 Å². The molecule has 0 aromatic heterocycles. The van der Waals surface area contributed by atoms with Crippen molar-refractivity contribution in [3.05, 3.63) is 29.8 Å². The average Bonchev–Trinajstić information content (AvgIpc) is 2.97. The third kappa shape index (κ3) is 9.00. The molecule has 2 rings (SSSR count). The van der Waals surface area contributed by atoms with Crippen LogP contribution in [0.4, 0.5) is 13.2 Å². The predicted octanol–water partition coefficient (Wildman–Crippen LogP) is 3.05. The third-order valence-corrected chi connectivity index (χ3v) is 3.97. The van der Waals surface area contributed by atoms with Crippen LogP contribution in [0, 0.1) is 0 Å². The molecule has 1 heterocycles. The number of fused-ring (bicyclic) bond motifs is 1. The van der Waals surface area contributed by atoms with E-state index in [2.05, 4.69) is 21.7 Å². The van der Waals surface area contributed by atoms with Crippen molar-refractivity contribution in [2.75, 3.05) is 39.8 Å². The van der Waals surface area contributed by atoms with Gasteiger partial charge in [0, 0.05) is 19.5 Å². The number of guanidine groups is 1. The molecule has 0 radical (unpaired) electrons. The highest BCUT2D eigenvalue weighted by Gasteiger charge is 2.28. The number of hydrogen-bond donors (Lipinski definition) is 2. The van der Waals surface area contributed by atoms with Crippen molar-refractivity contribution in [3.63, 3.8) is 0 Å². The van der Waals surface area contributed by atoms with E-state index in [0.717, 1.165) is 12.2 Å². The zero-order chi connectivity index (χ0) is 19.0. The number of nitrogens with one attached hydrogen (secondary N) is 2. The van der Waals surface area contributed by atoms with E-state index in [1.165, 1.54) is 17.5 Å². The van der Waals surface area contributed by atoms with Gasteiger partial charge in [0.15, 0.2) is 5.96 Å². The highest BCUT2D eigenvalue weighted by atomic mass is 127. The summed E-state index contributed by atoms with van der Waals surface area (Å²) in [4.78, 5) is 5.80. The quantitative estimate of drug-likeness (QED) is 0.250. The number of nitrogens with zero attached hydrogens (tertiary/aromatic N) is 2. The number of alkyl halides is 3. The van der Waals surface area contributed by atoms with E-state index in [4.69, 9.17) is 4.74 Å². The van der Waals surface area contributed by atoms with Crippen molar-refractivity contribution in [2.24, 2.45) is 4.99 Å². The van der Waals surface area contributed by atoms with E-state index in [0.29, 0.717) is 38.6 Å². The van der Waals surface area contributed by atoms with Crippen molar-refractivity contribution >= 4 is 29.9 Å². The Morgan fingerprint density at radius 2 is 2.04 bits per heavy atom. The Labute approximate surface area is 175 Å². The highest BCUT2D eigenvalue weighted by Crippen LogP contribution is 2.28. The van der Waals surface area contributed by atoms with Gasteiger partial charge in [-0.1, -0.05) is 18.2 Å². The van der Waals surface area contributed by atoms with Crippen LogP contribution in [0.2, 0.25) is 0 Å². The Kier molecular flexibility index (Phi) is 10.2. The molecule has 0 spiro atoms. The number of hydrogen-bond acceptors (Lipinski definition) is 3. The van der Waals surface area contributed by atoms with Crippen molar-refractivity contribution in [3.8, 4) is 5.75 Å². The van der Waals surface area contributed by atoms with Crippen LogP contribution in [0.25, 0.3) is 0 Å². The van der Waals surface area contributed by atoms with Crippen LogP contribution in [-0.2, 0) is 6.42 Å². The van der Waals surface area contributed by atoms with Crippen LogP contribution in [0.15, 0.2) is 29.3 Å². The average molecular weight is 500 g/mol. The van der Waals surface area contributed by atoms with Gasteiger partial charge in [-0.15, -0.1) is 24.0 Å². The standard InChI is InChI=1S/C18H27F3N4O.HI/c1-3-22-17(23-9-6-10-25(2)13-18(19,20)21)24-12-15-11-14-7-4-5-8-16(14)26-15;/h4-5,7-8,15H,3,6,9-13H2,1-2H3,(H2,22,23,24);1H. The summed E-state index contributed by atoms with van der Waals surface area (Å²) in [7, 11) is 1.47. The molecule has 27 heavy (non-hydrogen) atoms. The van der Waals surface area contributed by atoms with Crippen molar-refractivity contribution < 1.29 is 17.9 Å². The first-order valence-electron chi connectivity index (χ1n) is 8.89. The fourth-order valence-electron chi connectivity index (χ4n) is 2.83. The number of ether oxygens (including phenoxy) is 1. The molecule has 1 unspecified atom stereocenters. The summed E-state index contributed by atoms with van der Waals surface area (Å²) >= 11 is 0. The molecular weight excluding hydrogens is 472 g/mol. The molecule has 0 aliphatic carbocycles. The lowest BCUT2D eigenvalue weighted by molar-refractivity contribution is -0.143. The summed E-state index contributed by atoms with van der Waals surface area (Å²) in [6, 6.07) is 7.96. The summed E-state index contributed by atoms with van der Waals surface area (Å²) in [5, 5.41) is 6.30. The molecule has 1 aliphatic rings. The Bertz CT molecular complexity index is 573. The molecule has 154 valence electrons. The lowest BCUT2D eigenvalue weighted by Gasteiger charge is -2.19. The van der Waals surface area contributed by atoms with Crippen LogP contribution in [0.5, 0.6) is 5.75 Å². The van der Waals surface area contributed by atoms with Gasteiger partial charge in [0.25, 0.3) is 0 Å². The second kappa shape index (κ2) is 11.6. The molecule has 0 bridgehead atoms. The van der Waals surface area contributed by atoms with Crippen LogP contribution >= 0.6 is 24.0 Å². The molecular formula is C18H28F3IN4O. The summed E-state index contributed by atoms with van der Waals surface area (Å²) in [6.45, 7) is 3.24. The van der Waals surface area contributed by atoms with Gasteiger partial charge in [-0.25, -0.2) is 4.99 Å². The minimum Gasteiger partial charge on any atom is -0.488 e. The minimum atomic E-state index is -4.16. The number of para-hydroxylation sites is 1. The summed E-state index contributed by atoms with van der Waals surface area (Å²) in [5.41, 5.74) is 1.19. The monoisotopic (exact) mass is 500 g/mol. The molecule has 0 amide bonds. The van der Waals surface area contributed by atoms with E-state index in [1.54, 1.807) is 0 Å². The molecule has 0 saturated carbocycles. The SMILES string of the molecule is CCNC(=NCC1Cc2ccccc2O1)NCCCN(C)CC(F)(F)F.I. The molecule has 5 nitrogen and oxygen atoms in total. The molecule has 1 atom stereocenters. The molecule has 1 aromatic rings. The summed E-state index contributed by atoms with van der Waals surface area (Å²) in [5.74, 6) is 1.57. The third-order valence-electron chi connectivity index (χ3n) is 3.97. The number of halogens is 4. The van der Waals surface area contributed by atoms with E-state index < -0.39 is 12.7 Å². The molecule has 0 fully saturated rings. The molecule has 1 aromatic carbocycles. The van der Waals surface area contributed by atoms with Gasteiger partial charge in [0.1, 0.15) is 11.9 Å². The van der Waals surface area contributed by atoms with Gasteiger partial charge in [-0.05, 0) is 38.6 Å². The maximum Gasteiger partial charge on any atom is 0.401 e. The first-order chi connectivity index (χ1) is 12.4. The first kappa shape index (κ1) is 23.8. The zero-order valence-corrected chi connectivity index (χ0v) is 18.0. The number of rotatable bonds is 8. The van der Waals surface area contributed by atoms with Crippen LogP contribution in [-0.4, -0.2) is 62.9 Å². The molecule has 9 heteroatoms. The van der Waals surface area contributed by atoms with Crippen LogP contribution < -0.4 is 15.4 Å². The number of aliphatic imine (C=N–C) groups is 1. The van der Waals surface area contributed by atoms with Gasteiger partial charge in [-0.3, -0.25) is 4.90 Å². The van der Waals surface area contributed by atoms with Gasteiger partial charge in [0.05, 0.1) is 13.1 Å². The topological polar surface area (TPSA) is 48.9 Å². The summed E-state index contributed by atoms with van der Waals surface area (Å²) < 4.78 is 42.7. The lowest BCUT2D eigenvalue weighted by atomic mass is 10.1. The van der Waals surface area contributed by atoms with E-state index >= 15 is 0 Å². The van der Waals surface area contributed by atoms with Crippen molar-refractivity contribution in [1.29, 1.82) is 0 Å². The van der Waals surface area contributed by atoms with Gasteiger partial charge in [-0.2, -0.15) is 13.2 Å². The van der Waals surface area contributed by atoms with Gasteiger partial charge >= 0.3 is 6.18 Å². The molecule has 1 aliphatic heterocycles. The largest absolute Gasteiger partial charge is 0.488 e. The fraction of sp³-hybridized carbons (Fsp3) is 0.611. The second-order valence-electron chi connectivity index (χ2n) is 6.40. The second-order valence-corrected chi connectivity index (χ2v) is 6.40. The smallest absolute Gasteiger partial charge is 0.401 e. The Morgan fingerprint density at radius 3 is 2.70 bits per heavy atom. The Morgan fingerprint density at radius 1 is 1.30 bits per heavy atom. The van der Waals surface area contributed by atoms with Crippen molar-refractivity contribution in [2.45, 2.75) is 32.0 Å². The van der Waals surface area contributed by atoms with Crippen LogP contribution in [0.1, 0.15) is 18.9 Å². The Hall–Kier alpha value is -1.23. The Balaban J connectivity index is 0.00000364. The van der Waals surface area contributed by atoms with E-state index in [9.17, 15) is 13.2 Å². The van der Waals surface area contributed by atoms with E-state index in [-0.39, 0.29) is 30.1 Å². The minimum absolute atomic E-state index is 0. The molecule has 0 saturated heterocycles. The summed E-state index contributed by atoms with van der Waals surface area (Å²) in [6.07, 6.45) is -2.71. The van der Waals surface area contributed by atoms with Gasteiger partial charge in [0.2, 0.25) is 0 Å². The van der Waals surface area contributed by atoms with Crippen LogP contribution in [0.3, 0.4) is 0 Å². The highest BCUT2D eigenvalue weighted by molar-refractivity contribution is 14.0. The molecule has 2 N–H and O–H groups in total. The first-order valence-corrected chi connectivity index (χ1v) is 8.89. The number of benzene rings is 1. The van der Waals surface area contributed by atoms with E-state index in [1.807, 2.05) is 25.1 Å². The fourth-order valence-corrected chi connectivity index (χ4v) is 2.83. The normalized spacial score (nSPS) is 16.5.